The summed E-state index contributed by atoms with van der Waals surface area (Å²) in [5, 5.41) is 7.34. The van der Waals surface area contributed by atoms with Crippen LogP contribution in [0, 0.1) is 5.41 Å². The van der Waals surface area contributed by atoms with Gasteiger partial charge in [0.1, 0.15) is 5.75 Å². The fourth-order valence-corrected chi connectivity index (χ4v) is 5.61. The van der Waals surface area contributed by atoms with Crippen LogP contribution in [0.15, 0.2) is 64.0 Å². The lowest BCUT2D eigenvalue weighted by Crippen LogP contribution is -2.38. The largest absolute Gasteiger partial charge is 0.493 e. The van der Waals surface area contributed by atoms with E-state index in [9.17, 15) is 14.4 Å². The number of nitrogens with one attached hydrogen (secondary N) is 2. The maximum absolute atomic E-state index is 13.6. The average Bonchev–Trinajstić information content (AvgIpc) is 2.98. The van der Waals surface area contributed by atoms with E-state index in [0.717, 1.165) is 5.70 Å². The Hall–Kier alpha value is -4.80. The van der Waals surface area contributed by atoms with Crippen molar-refractivity contribution in [1.29, 1.82) is 0 Å². The summed E-state index contributed by atoms with van der Waals surface area (Å²) in [6.45, 7) is 7.45. The molecule has 1 aliphatic heterocycles. The minimum Gasteiger partial charge on any atom is -0.493 e. The Morgan fingerprint density at radius 2 is 1.73 bits per heavy atom. The summed E-state index contributed by atoms with van der Waals surface area (Å²) in [7, 11) is 4.53. The Morgan fingerprint density at radius 1 is 1.05 bits per heavy atom. The summed E-state index contributed by atoms with van der Waals surface area (Å²) in [4.78, 5) is 39.5. The molecular weight excluding hydrogens is 566 g/mol. The number of para-hydroxylation sites is 1. The number of ether oxygens (including phenoxy) is 5. The highest BCUT2D eigenvalue weighted by Gasteiger charge is 2.44. The molecule has 44 heavy (non-hydrogen) atoms. The van der Waals surface area contributed by atoms with Crippen molar-refractivity contribution in [3.05, 3.63) is 70.1 Å². The van der Waals surface area contributed by atoms with E-state index in [-0.39, 0.29) is 24.4 Å². The van der Waals surface area contributed by atoms with Gasteiger partial charge in [0.05, 0.1) is 45.6 Å². The number of rotatable bonds is 11. The van der Waals surface area contributed by atoms with Gasteiger partial charge in [-0.25, -0.2) is 10.2 Å². The number of hydrogen-bond donors (Lipinski definition) is 2. The van der Waals surface area contributed by atoms with Crippen LogP contribution in [-0.4, -0.2) is 58.4 Å². The van der Waals surface area contributed by atoms with Gasteiger partial charge in [-0.05, 0) is 43.9 Å². The predicted molar refractivity (Wildman–Crippen MR) is 164 cm³/mol. The number of hydrazone groups is 1. The maximum Gasteiger partial charge on any atom is 0.336 e. The van der Waals surface area contributed by atoms with E-state index < -0.39 is 17.8 Å². The molecule has 2 aromatic carbocycles. The molecule has 1 atom stereocenters. The summed E-state index contributed by atoms with van der Waals surface area (Å²) in [6, 6.07) is 10.5. The minimum atomic E-state index is -0.716. The van der Waals surface area contributed by atoms with Gasteiger partial charge in [0.2, 0.25) is 5.75 Å². The lowest BCUT2D eigenvalue weighted by atomic mass is 9.68. The molecule has 0 radical (unpaired) electrons. The number of esters is 1. The van der Waals surface area contributed by atoms with Gasteiger partial charge in [-0.1, -0.05) is 32.0 Å². The SMILES string of the molecule is CCOC(=O)C1=C(C)NC2=C(C(=O)CC(C)(C)C2)C1c1ccccc1OCC(=O)NN=Cc1cc(OC)c(OC)c(OC)c1. The first kappa shape index (κ1) is 32.1. The highest BCUT2D eigenvalue weighted by atomic mass is 16.5. The maximum atomic E-state index is 13.6. The molecule has 2 N–H and O–H groups in total. The molecule has 11 heteroatoms. The number of nitrogens with zero attached hydrogens (tertiary/aromatic N) is 1. The molecule has 0 aromatic heterocycles. The van der Waals surface area contributed by atoms with E-state index in [2.05, 4.69) is 15.8 Å². The minimum absolute atomic E-state index is 0.0447. The lowest BCUT2D eigenvalue weighted by Gasteiger charge is -2.39. The average molecular weight is 606 g/mol. The van der Waals surface area contributed by atoms with Crippen molar-refractivity contribution in [2.75, 3.05) is 34.5 Å². The van der Waals surface area contributed by atoms with Crippen LogP contribution in [0.1, 0.15) is 57.6 Å². The van der Waals surface area contributed by atoms with E-state index in [1.54, 1.807) is 44.2 Å². The zero-order chi connectivity index (χ0) is 32.0. The van der Waals surface area contributed by atoms with Crippen LogP contribution >= 0.6 is 0 Å². The molecule has 1 amide bonds. The third kappa shape index (κ3) is 6.88. The van der Waals surface area contributed by atoms with E-state index >= 15 is 0 Å². The highest BCUT2D eigenvalue weighted by Crippen LogP contribution is 2.48. The fraction of sp³-hybridized carbons (Fsp3) is 0.394. The monoisotopic (exact) mass is 605 g/mol. The van der Waals surface area contributed by atoms with Gasteiger partial charge in [-0.15, -0.1) is 0 Å². The number of amides is 1. The number of methoxy groups -OCH3 is 3. The van der Waals surface area contributed by atoms with Gasteiger partial charge in [-0.2, -0.15) is 5.10 Å². The molecule has 2 aliphatic rings. The zero-order valence-corrected chi connectivity index (χ0v) is 26.2. The first-order chi connectivity index (χ1) is 21.0. The number of ketones is 1. The second-order valence-corrected chi connectivity index (χ2v) is 11.2. The molecule has 234 valence electrons. The van der Waals surface area contributed by atoms with Gasteiger partial charge < -0.3 is 29.0 Å². The molecule has 0 fully saturated rings. The molecule has 0 spiro atoms. The first-order valence-electron chi connectivity index (χ1n) is 14.3. The molecule has 4 rings (SSSR count). The third-order valence-corrected chi connectivity index (χ3v) is 7.41. The lowest BCUT2D eigenvalue weighted by molar-refractivity contribution is -0.139. The number of carbonyl (C=O) groups excluding carboxylic acids is 3. The molecular formula is C33H39N3O8. The van der Waals surface area contributed by atoms with Crippen LogP contribution in [-0.2, 0) is 19.1 Å². The van der Waals surface area contributed by atoms with Crippen molar-refractivity contribution < 1.29 is 38.1 Å². The van der Waals surface area contributed by atoms with Gasteiger partial charge in [-0.3, -0.25) is 9.59 Å². The van der Waals surface area contributed by atoms with E-state index in [0.29, 0.717) is 63.8 Å². The van der Waals surface area contributed by atoms with Crippen molar-refractivity contribution in [2.24, 2.45) is 10.5 Å². The van der Waals surface area contributed by atoms with Crippen LogP contribution in [0.3, 0.4) is 0 Å². The van der Waals surface area contributed by atoms with Crippen LogP contribution in [0.2, 0.25) is 0 Å². The predicted octanol–water partition coefficient (Wildman–Crippen LogP) is 4.41. The van der Waals surface area contributed by atoms with Crippen LogP contribution in [0.25, 0.3) is 0 Å². The number of allylic oxidation sites excluding steroid dienone is 3. The summed E-state index contributed by atoms with van der Waals surface area (Å²) in [5.74, 6) is -0.0915. The second-order valence-electron chi connectivity index (χ2n) is 11.2. The molecule has 0 saturated carbocycles. The molecule has 11 nitrogen and oxygen atoms in total. The van der Waals surface area contributed by atoms with Crippen molar-refractivity contribution >= 4 is 23.9 Å². The van der Waals surface area contributed by atoms with Gasteiger partial charge >= 0.3 is 5.97 Å². The van der Waals surface area contributed by atoms with Gasteiger partial charge in [0.25, 0.3) is 5.91 Å². The highest BCUT2D eigenvalue weighted by molar-refractivity contribution is 6.04. The van der Waals surface area contributed by atoms with Crippen LogP contribution in [0.5, 0.6) is 23.0 Å². The topological polar surface area (TPSA) is 134 Å². The smallest absolute Gasteiger partial charge is 0.336 e. The number of dihydropyridines is 1. The number of Topliss-reactive ketones (excluding diaryl/α,β-unsaturated/α-hetero) is 1. The van der Waals surface area contributed by atoms with Crippen LogP contribution < -0.4 is 29.7 Å². The quantitative estimate of drug-likeness (QED) is 0.217. The Morgan fingerprint density at radius 3 is 2.36 bits per heavy atom. The molecule has 0 bridgehead atoms. The summed E-state index contributed by atoms with van der Waals surface area (Å²) in [5.41, 5.74) is 5.68. The zero-order valence-electron chi connectivity index (χ0n) is 26.2. The second kappa shape index (κ2) is 13.7. The summed E-state index contributed by atoms with van der Waals surface area (Å²) in [6.07, 6.45) is 2.43. The summed E-state index contributed by atoms with van der Waals surface area (Å²) >= 11 is 0. The summed E-state index contributed by atoms with van der Waals surface area (Å²) < 4.78 is 27.4. The van der Waals surface area contributed by atoms with Crippen LogP contribution in [0.4, 0.5) is 0 Å². The number of carbonyl (C=O) groups is 3. The number of hydrogen-bond acceptors (Lipinski definition) is 10. The van der Waals surface area contributed by atoms with Crippen molar-refractivity contribution in [3.8, 4) is 23.0 Å². The fourth-order valence-electron chi connectivity index (χ4n) is 5.61. The Balaban J connectivity index is 1.57. The van der Waals surface area contributed by atoms with Crippen molar-refractivity contribution in [3.63, 3.8) is 0 Å². The standard InChI is InChI=1S/C33H39N3O8/c1-8-43-32(39)28-19(2)35-22-15-33(3,4)16-23(37)30(22)29(28)21-11-9-10-12-24(21)44-18-27(38)36-34-17-20-13-25(40-5)31(42-7)26(14-20)41-6/h9-14,17,29,35H,8,15-16,18H2,1-7H3,(H,36,38). The molecule has 1 unspecified atom stereocenters. The Bertz CT molecular complexity index is 1510. The molecule has 2 aromatic rings. The van der Waals surface area contributed by atoms with Crippen molar-refractivity contribution in [1.82, 2.24) is 10.7 Å². The van der Waals surface area contributed by atoms with E-state index in [1.165, 1.54) is 27.5 Å². The molecule has 0 saturated heterocycles. The van der Waals surface area contributed by atoms with E-state index in [1.807, 2.05) is 19.9 Å². The third-order valence-electron chi connectivity index (χ3n) is 7.41. The van der Waals surface area contributed by atoms with E-state index in [4.69, 9.17) is 23.7 Å². The van der Waals surface area contributed by atoms with Gasteiger partial charge in [0, 0.05) is 34.5 Å². The molecule has 1 aliphatic carbocycles. The molecule has 1 heterocycles. The Labute approximate surface area is 257 Å². The normalized spacial score (nSPS) is 17.5. The Kier molecular flexibility index (Phi) is 9.97. The van der Waals surface area contributed by atoms with Crippen molar-refractivity contribution in [2.45, 2.75) is 46.5 Å². The van der Waals surface area contributed by atoms with Gasteiger partial charge in [0.15, 0.2) is 23.9 Å². The number of benzene rings is 2. The first-order valence-corrected chi connectivity index (χ1v) is 14.3.